The average molecular weight is 417 g/mol. The molecule has 1 aliphatic carbocycles. The second-order valence-corrected chi connectivity index (χ2v) is 6.86. The van der Waals surface area contributed by atoms with Gasteiger partial charge in [-0.1, -0.05) is 25.2 Å². The van der Waals surface area contributed by atoms with Crippen LogP contribution in [0.5, 0.6) is 5.75 Å². The minimum absolute atomic E-state index is 0.0360. The largest absolute Gasteiger partial charge is 0.573 e. The van der Waals surface area contributed by atoms with Crippen LogP contribution in [0.1, 0.15) is 6.92 Å². The summed E-state index contributed by atoms with van der Waals surface area (Å²) in [4.78, 5) is 8.52. The van der Waals surface area contributed by atoms with Gasteiger partial charge in [0.25, 0.3) is 0 Å². The SMILES string of the molecule is CC1C(Cn2ncc3c(Nc4ccc(OC(F)(F)F)cc4)ncnc32)=CC=CC1O. The van der Waals surface area contributed by atoms with Crippen molar-refractivity contribution in [2.45, 2.75) is 25.9 Å². The number of fused-ring (bicyclic) bond motifs is 1. The highest BCUT2D eigenvalue weighted by Gasteiger charge is 2.31. The van der Waals surface area contributed by atoms with Crippen LogP contribution >= 0.6 is 0 Å². The standard InChI is InChI=1S/C20H18F3N5O2/c1-12-13(3-2-4-17(12)29)10-28-19-16(9-26-28)18(24-11-25-19)27-14-5-7-15(8-6-14)30-20(21,22)23/h2-9,11-12,17,29H,10H2,1H3,(H,24,25,27). The van der Waals surface area contributed by atoms with Crippen molar-refractivity contribution < 1.29 is 23.0 Å². The molecule has 30 heavy (non-hydrogen) atoms. The highest BCUT2D eigenvalue weighted by Crippen LogP contribution is 2.28. The molecule has 2 atom stereocenters. The third-order valence-electron chi connectivity index (χ3n) is 4.83. The number of hydrogen-bond acceptors (Lipinski definition) is 6. The fourth-order valence-corrected chi connectivity index (χ4v) is 3.19. The zero-order chi connectivity index (χ0) is 21.3. The van der Waals surface area contributed by atoms with Gasteiger partial charge in [0.2, 0.25) is 0 Å². The molecule has 0 aliphatic heterocycles. The predicted molar refractivity (Wildman–Crippen MR) is 104 cm³/mol. The van der Waals surface area contributed by atoms with Crippen molar-refractivity contribution in [1.82, 2.24) is 19.7 Å². The summed E-state index contributed by atoms with van der Waals surface area (Å²) in [6.45, 7) is 2.41. The van der Waals surface area contributed by atoms with Crippen molar-refractivity contribution in [2.24, 2.45) is 5.92 Å². The number of nitrogens with one attached hydrogen (secondary N) is 1. The summed E-state index contributed by atoms with van der Waals surface area (Å²) in [5.41, 5.74) is 2.15. The second kappa shape index (κ2) is 7.79. The molecule has 0 amide bonds. The lowest BCUT2D eigenvalue weighted by Gasteiger charge is -2.22. The van der Waals surface area contributed by atoms with E-state index in [0.29, 0.717) is 29.1 Å². The Labute approximate surface area is 169 Å². The Morgan fingerprint density at radius 1 is 1.20 bits per heavy atom. The molecule has 1 aliphatic rings. The summed E-state index contributed by atoms with van der Waals surface area (Å²) in [5.74, 6) is 0.132. The predicted octanol–water partition coefficient (Wildman–Crippen LogP) is 3.96. The van der Waals surface area contributed by atoms with Crippen LogP contribution in [0.25, 0.3) is 11.0 Å². The lowest BCUT2D eigenvalue weighted by atomic mass is 9.91. The fraction of sp³-hybridized carbons (Fsp3) is 0.250. The van der Waals surface area contributed by atoms with Gasteiger partial charge in [0.05, 0.1) is 24.2 Å². The van der Waals surface area contributed by atoms with E-state index in [1.807, 2.05) is 19.1 Å². The molecule has 4 rings (SSSR count). The second-order valence-electron chi connectivity index (χ2n) is 6.86. The van der Waals surface area contributed by atoms with Crippen LogP contribution < -0.4 is 10.1 Å². The van der Waals surface area contributed by atoms with Gasteiger partial charge >= 0.3 is 6.36 Å². The first-order chi connectivity index (χ1) is 14.3. The molecular weight excluding hydrogens is 399 g/mol. The van der Waals surface area contributed by atoms with E-state index in [9.17, 15) is 18.3 Å². The monoisotopic (exact) mass is 417 g/mol. The molecule has 10 heteroatoms. The number of aromatic nitrogens is 4. The van der Waals surface area contributed by atoms with Crippen LogP contribution in [0.2, 0.25) is 0 Å². The van der Waals surface area contributed by atoms with E-state index in [0.717, 1.165) is 5.57 Å². The highest BCUT2D eigenvalue weighted by molar-refractivity contribution is 5.88. The van der Waals surface area contributed by atoms with Crippen molar-refractivity contribution in [3.8, 4) is 5.75 Å². The smallest absolute Gasteiger partial charge is 0.406 e. The van der Waals surface area contributed by atoms with Gasteiger partial charge in [0.1, 0.15) is 17.9 Å². The fourth-order valence-electron chi connectivity index (χ4n) is 3.19. The molecule has 2 unspecified atom stereocenters. The van der Waals surface area contributed by atoms with Crippen LogP contribution in [0.4, 0.5) is 24.7 Å². The lowest BCUT2D eigenvalue weighted by Crippen LogP contribution is -2.22. The van der Waals surface area contributed by atoms with Gasteiger partial charge in [0, 0.05) is 11.6 Å². The topological polar surface area (TPSA) is 85.1 Å². The van der Waals surface area contributed by atoms with Crippen LogP contribution in [-0.2, 0) is 6.54 Å². The summed E-state index contributed by atoms with van der Waals surface area (Å²) >= 11 is 0. The summed E-state index contributed by atoms with van der Waals surface area (Å²) in [6, 6.07) is 5.35. The Bertz CT molecular complexity index is 1110. The van der Waals surface area contributed by atoms with Gasteiger partial charge in [-0.25, -0.2) is 14.6 Å². The Morgan fingerprint density at radius 3 is 2.70 bits per heavy atom. The molecule has 0 fully saturated rings. The number of aliphatic hydroxyl groups is 1. The van der Waals surface area contributed by atoms with Gasteiger partial charge in [-0.2, -0.15) is 5.10 Å². The number of ether oxygens (including phenoxy) is 1. The lowest BCUT2D eigenvalue weighted by molar-refractivity contribution is -0.274. The molecule has 2 heterocycles. The molecule has 0 radical (unpaired) electrons. The molecule has 156 valence electrons. The minimum Gasteiger partial charge on any atom is -0.406 e. The Hall–Kier alpha value is -3.40. The molecule has 2 aromatic heterocycles. The molecule has 7 nitrogen and oxygen atoms in total. The van der Waals surface area contributed by atoms with E-state index in [1.54, 1.807) is 17.0 Å². The summed E-state index contributed by atoms with van der Waals surface area (Å²) in [6.07, 6.45) is 3.25. The normalized spacial score (nSPS) is 19.0. The summed E-state index contributed by atoms with van der Waals surface area (Å²) in [5, 5.41) is 18.1. The maximum Gasteiger partial charge on any atom is 0.573 e. The number of anilines is 2. The van der Waals surface area contributed by atoms with Gasteiger partial charge in [-0.15, -0.1) is 13.2 Å². The van der Waals surface area contributed by atoms with Gasteiger partial charge in [-0.05, 0) is 29.8 Å². The number of benzene rings is 1. The number of hydrogen-bond donors (Lipinski definition) is 2. The Balaban J connectivity index is 1.55. The molecular formula is C20H18F3N5O2. The number of halogens is 3. The number of nitrogens with zero attached hydrogens (tertiary/aromatic N) is 4. The zero-order valence-electron chi connectivity index (χ0n) is 15.8. The number of alkyl halides is 3. The van der Waals surface area contributed by atoms with Crippen molar-refractivity contribution >= 4 is 22.5 Å². The number of allylic oxidation sites excluding steroid dienone is 2. The maximum absolute atomic E-state index is 12.3. The minimum atomic E-state index is -4.74. The first kappa shape index (κ1) is 19.9. The van der Waals surface area contributed by atoms with E-state index >= 15 is 0 Å². The molecule has 3 aromatic rings. The van der Waals surface area contributed by atoms with Crippen LogP contribution in [0.15, 0.2) is 60.6 Å². The molecule has 0 bridgehead atoms. The van der Waals surface area contributed by atoms with Crippen molar-refractivity contribution in [2.75, 3.05) is 5.32 Å². The van der Waals surface area contributed by atoms with Crippen molar-refractivity contribution in [1.29, 1.82) is 0 Å². The van der Waals surface area contributed by atoms with E-state index in [1.165, 1.54) is 30.6 Å². The summed E-state index contributed by atoms with van der Waals surface area (Å²) in [7, 11) is 0. The first-order valence-corrected chi connectivity index (χ1v) is 9.15. The summed E-state index contributed by atoms with van der Waals surface area (Å²) < 4.78 is 42.5. The maximum atomic E-state index is 12.3. The molecule has 0 saturated heterocycles. The van der Waals surface area contributed by atoms with Crippen molar-refractivity contribution in [3.05, 3.63) is 60.6 Å². The quantitative estimate of drug-likeness (QED) is 0.654. The zero-order valence-corrected chi connectivity index (χ0v) is 15.8. The molecule has 1 aromatic carbocycles. The van der Waals surface area contributed by atoms with E-state index in [2.05, 4.69) is 25.1 Å². The van der Waals surface area contributed by atoms with Crippen LogP contribution in [-0.4, -0.2) is 37.3 Å². The van der Waals surface area contributed by atoms with Crippen molar-refractivity contribution in [3.63, 3.8) is 0 Å². The van der Waals surface area contributed by atoms with E-state index < -0.39 is 12.5 Å². The average Bonchev–Trinajstić information content (AvgIpc) is 3.10. The molecule has 0 saturated carbocycles. The van der Waals surface area contributed by atoms with E-state index in [4.69, 9.17) is 0 Å². The van der Waals surface area contributed by atoms with E-state index in [-0.39, 0.29) is 11.7 Å². The first-order valence-electron chi connectivity index (χ1n) is 9.15. The third kappa shape index (κ3) is 4.28. The number of aliphatic hydroxyl groups excluding tert-OH is 1. The van der Waals surface area contributed by atoms with Gasteiger partial charge in [-0.3, -0.25) is 0 Å². The Morgan fingerprint density at radius 2 is 1.97 bits per heavy atom. The highest BCUT2D eigenvalue weighted by atomic mass is 19.4. The molecule has 0 spiro atoms. The van der Waals surface area contributed by atoms with Gasteiger partial charge < -0.3 is 15.2 Å². The van der Waals surface area contributed by atoms with Gasteiger partial charge in [0.15, 0.2) is 5.65 Å². The van der Waals surface area contributed by atoms with Crippen LogP contribution in [0, 0.1) is 5.92 Å². The Kier molecular flexibility index (Phi) is 5.17. The molecule has 2 N–H and O–H groups in total. The number of rotatable bonds is 5. The third-order valence-corrected chi connectivity index (χ3v) is 4.83. The van der Waals surface area contributed by atoms with Crippen LogP contribution in [0.3, 0.4) is 0 Å².